The molecule has 0 amide bonds. The number of nitrogens with zero attached hydrogens (tertiary/aromatic N) is 2. The van der Waals surface area contributed by atoms with Gasteiger partial charge in [0.15, 0.2) is 0 Å². The number of piperazine rings is 1. The Labute approximate surface area is 180 Å². The van der Waals surface area contributed by atoms with E-state index in [1.807, 2.05) is 30.3 Å². The van der Waals surface area contributed by atoms with Crippen molar-refractivity contribution in [2.24, 2.45) is 0 Å². The average molecular weight is 415 g/mol. The summed E-state index contributed by atoms with van der Waals surface area (Å²) in [5.41, 5.74) is 3.60. The second-order valence-electron chi connectivity index (χ2n) is 7.78. The van der Waals surface area contributed by atoms with Crippen LogP contribution in [-0.2, 0) is 4.74 Å². The van der Waals surface area contributed by atoms with Crippen molar-refractivity contribution in [1.82, 2.24) is 4.90 Å². The van der Waals surface area contributed by atoms with Crippen molar-refractivity contribution < 1.29 is 19.3 Å². The summed E-state index contributed by atoms with van der Waals surface area (Å²) in [4.78, 5) is 4.62. The van der Waals surface area contributed by atoms with Crippen LogP contribution in [0, 0.1) is 13.8 Å². The number of hydrogen-bond acceptors (Lipinski definition) is 6. The monoisotopic (exact) mass is 414 g/mol. The first kappa shape index (κ1) is 22.4. The van der Waals surface area contributed by atoms with Gasteiger partial charge in [-0.3, -0.25) is 4.90 Å². The summed E-state index contributed by atoms with van der Waals surface area (Å²) >= 11 is 0. The lowest BCUT2D eigenvalue weighted by Crippen LogP contribution is -2.49. The Balaban J connectivity index is 1.31. The molecule has 164 valence electrons. The molecular formula is C24H34N2O4. The third-order valence-electron chi connectivity index (χ3n) is 5.55. The highest BCUT2D eigenvalue weighted by molar-refractivity contribution is 5.58. The van der Waals surface area contributed by atoms with Crippen molar-refractivity contribution >= 4 is 5.69 Å². The van der Waals surface area contributed by atoms with E-state index in [9.17, 15) is 5.11 Å². The largest absolute Gasteiger partial charge is 0.495 e. The predicted molar refractivity (Wildman–Crippen MR) is 120 cm³/mol. The van der Waals surface area contributed by atoms with Gasteiger partial charge in [-0.15, -0.1) is 0 Å². The van der Waals surface area contributed by atoms with Gasteiger partial charge in [0.05, 0.1) is 32.1 Å². The molecule has 0 unspecified atom stereocenters. The van der Waals surface area contributed by atoms with Crippen molar-refractivity contribution in [3.63, 3.8) is 0 Å². The fourth-order valence-corrected chi connectivity index (χ4v) is 3.65. The van der Waals surface area contributed by atoms with Gasteiger partial charge in [0.25, 0.3) is 0 Å². The molecule has 1 aliphatic heterocycles. The van der Waals surface area contributed by atoms with E-state index in [0.717, 1.165) is 43.4 Å². The number of aryl methyl sites for hydroxylation is 2. The van der Waals surface area contributed by atoms with E-state index < -0.39 is 6.10 Å². The van der Waals surface area contributed by atoms with Gasteiger partial charge in [0.1, 0.15) is 18.1 Å². The molecule has 1 aliphatic rings. The first-order valence-electron chi connectivity index (χ1n) is 10.6. The molecule has 0 aromatic heterocycles. The number of para-hydroxylation sites is 2. The highest BCUT2D eigenvalue weighted by Gasteiger charge is 2.21. The number of ether oxygens (including phenoxy) is 3. The number of aliphatic hydroxyl groups is 1. The maximum Gasteiger partial charge on any atom is 0.142 e. The lowest BCUT2D eigenvalue weighted by atomic mass is 10.1. The fourth-order valence-electron chi connectivity index (χ4n) is 3.65. The van der Waals surface area contributed by atoms with Crippen LogP contribution in [0.1, 0.15) is 11.1 Å². The topological polar surface area (TPSA) is 54.4 Å². The quantitative estimate of drug-likeness (QED) is 0.604. The number of anilines is 1. The van der Waals surface area contributed by atoms with E-state index in [1.165, 1.54) is 11.1 Å². The molecular weight excluding hydrogens is 380 g/mol. The molecule has 0 aliphatic carbocycles. The third-order valence-corrected chi connectivity index (χ3v) is 5.55. The number of hydrogen-bond donors (Lipinski definition) is 1. The van der Waals surface area contributed by atoms with Gasteiger partial charge in [0.2, 0.25) is 0 Å². The average Bonchev–Trinajstić information content (AvgIpc) is 2.76. The van der Waals surface area contributed by atoms with E-state index >= 15 is 0 Å². The van der Waals surface area contributed by atoms with Gasteiger partial charge >= 0.3 is 0 Å². The highest BCUT2D eigenvalue weighted by atomic mass is 16.5. The van der Waals surface area contributed by atoms with Crippen molar-refractivity contribution in [2.45, 2.75) is 20.0 Å². The third kappa shape index (κ3) is 6.36. The van der Waals surface area contributed by atoms with Gasteiger partial charge in [-0.25, -0.2) is 0 Å². The first-order valence-corrected chi connectivity index (χ1v) is 10.6. The lowest BCUT2D eigenvalue weighted by molar-refractivity contribution is 0.00717. The Bertz CT molecular complexity index is 791. The number of aliphatic hydroxyl groups excluding tert-OH is 1. The van der Waals surface area contributed by atoms with Gasteiger partial charge in [-0.2, -0.15) is 0 Å². The van der Waals surface area contributed by atoms with Crippen LogP contribution in [0.3, 0.4) is 0 Å². The summed E-state index contributed by atoms with van der Waals surface area (Å²) in [5.74, 6) is 1.76. The molecule has 30 heavy (non-hydrogen) atoms. The number of methoxy groups -OCH3 is 1. The van der Waals surface area contributed by atoms with Crippen molar-refractivity contribution in [3.8, 4) is 11.5 Å². The molecule has 2 aromatic rings. The van der Waals surface area contributed by atoms with Crippen LogP contribution in [0.5, 0.6) is 11.5 Å². The van der Waals surface area contributed by atoms with E-state index in [-0.39, 0.29) is 0 Å². The maximum atomic E-state index is 10.3. The van der Waals surface area contributed by atoms with Gasteiger partial charge in [0, 0.05) is 32.7 Å². The minimum atomic E-state index is -0.496. The zero-order valence-electron chi connectivity index (χ0n) is 18.3. The van der Waals surface area contributed by atoms with Crippen LogP contribution in [0.15, 0.2) is 42.5 Å². The van der Waals surface area contributed by atoms with Crippen LogP contribution < -0.4 is 14.4 Å². The van der Waals surface area contributed by atoms with Gasteiger partial charge in [-0.1, -0.05) is 18.2 Å². The highest BCUT2D eigenvalue weighted by Crippen LogP contribution is 2.28. The SMILES string of the molecule is COc1ccccc1N1CCN(C[C@@H](O)COCCOc2ccc(C)c(C)c2)CC1. The molecule has 1 atom stereocenters. The van der Waals surface area contributed by atoms with Crippen molar-refractivity contribution in [1.29, 1.82) is 0 Å². The molecule has 6 nitrogen and oxygen atoms in total. The van der Waals surface area contributed by atoms with Crippen LogP contribution in [0.25, 0.3) is 0 Å². The molecule has 1 heterocycles. The second-order valence-corrected chi connectivity index (χ2v) is 7.78. The second kappa shape index (κ2) is 11.2. The van der Waals surface area contributed by atoms with E-state index in [4.69, 9.17) is 14.2 Å². The summed E-state index contributed by atoms with van der Waals surface area (Å²) in [6.45, 7) is 9.69. The molecule has 0 saturated carbocycles. The summed E-state index contributed by atoms with van der Waals surface area (Å²) in [5, 5.41) is 10.3. The number of benzene rings is 2. The fraction of sp³-hybridized carbons (Fsp3) is 0.500. The molecule has 0 bridgehead atoms. The van der Waals surface area contributed by atoms with Crippen LogP contribution in [0.4, 0.5) is 5.69 Å². The van der Waals surface area contributed by atoms with E-state index in [2.05, 4.69) is 35.8 Å². The molecule has 6 heteroatoms. The summed E-state index contributed by atoms with van der Waals surface area (Å²) < 4.78 is 16.8. The smallest absolute Gasteiger partial charge is 0.142 e. The van der Waals surface area contributed by atoms with Gasteiger partial charge in [-0.05, 0) is 49.2 Å². The Morgan fingerprint density at radius 2 is 1.73 bits per heavy atom. The summed E-state index contributed by atoms with van der Waals surface area (Å²) in [7, 11) is 1.71. The molecule has 1 N–H and O–H groups in total. The number of β-amino-alcohol motifs (C(OH)–C–C–N with tert-alkyl or cyclic N) is 1. The zero-order chi connectivity index (χ0) is 21.3. The molecule has 3 rings (SSSR count). The summed E-state index contributed by atoms with van der Waals surface area (Å²) in [6.07, 6.45) is -0.496. The van der Waals surface area contributed by atoms with Crippen molar-refractivity contribution in [3.05, 3.63) is 53.6 Å². The van der Waals surface area contributed by atoms with E-state index in [1.54, 1.807) is 7.11 Å². The molecule has 0 spiro atoms. The standard InChI is InChI=1S/C24H34N2O4/c1-19-8-9-22(16-20(19)2)30-15-14-29-18-21(27)17-25-10-12-26(13-11-25)23-6-4-5-7-24(23)28-3/h4-9,16,21,27H,10-15,17-18H2,1-3H3/t21-/m1/s1. The maximum absolute atomic E-state index is 10.3. The Hall–Kier alpha value is -2.28. The normalized spacial score (nSPS) is 15.8. The minimum absolute atomic E-state index is 0.322. The predicted octanol–water partition coefficient (Wildman–Crippen LogP) is 2.89. The van der Waals surface area contributed by atoms with Crippen LogP contribution in [0.2, 0.25) is 0 Å². The van der Waals surface area contributed by atoms with Crippen molar-refractivity contribution in [2.75, 3.05) is 64.6 Å². The molecule has 1 saturated heterocycles. The first-order chi connectivity index (χ1) is 14.6. The van der Waals surface area contributed by atoms with Gasteiger partial charge < -0.3 is 24.2 Å². The minimum Gasteiger partial charge on any atom is -0.495 e. The van der Waals surface area contributed by atoms with Crippen LogP contribution in [-0.4, -0.2) is 75.8 Å². The molecule has 2 aromatic carbocycles. The Morgan fingerprint density at radius 1 is 0.967 bits per heavy atom. The number of rotatable bonds is 10. The summed E-state index contributed by atoms with van der Waals surface area (Å²) in [6, 6.07) is 14.2. The molecule has 0 radical (unpaired) electrons. The van der Waals surface area contributed by atoms with Crippen LogP contribution >= 0.6 is 0 Å². The lowest BCUT2D eigenvalue weighted by Gasteiger charge is -2.37. The van der Waals surface area contributed by atoms with E-state index in [0.29, 0.717) is 26.4 Å². The Kier molecular flexibility index (Phi) is 8.37. The Morgan fingerprint density at radius 3 is 2.47 bits per heavy atom. The molecule has 1 fully saturated rings. The zero-order valence-corrected chi connectivity index (χ0v) is 18.3.